The molecule has 0 spiro atoms. The summed E-state index contributed by atoms with van der Waals surface area (Å²) in [5.41, 5.74) is 2.60. The Labute approximate surface area is 187 Å². The van der Waals surface area contributed by atoms with Gasteiger partial charge in [0.2, 0.25) is 0 Å². The van der Waals surface area contributed by atoms with E-state index in [1.807, 2.05) is 18.4 Å². The van der Waals surface area contributed by atoms with Crippen molar-refractivity contribution in [1.29, 1.82) is 0 Å². The van der Waals surface area contributed by atoms with Gasteiger partial charge in [-0.2, -0.15) is 0 Å². The maximum absolute atomic E-state index is 12.4. The van der Waals surface area contributed by atoms with E-state index < -0.39 is 18.1 Å². The largest absolute Gasteiger partial charge is 0.508 e. The number of anilines is 1. The molecule has 7 nitrogen and oxygen atoms in total. The number of aromatic hydroxyl groups is 1. The second-order valence-electron chi connectivity index (χ2n) is 6.26. The molecule has 0 aromatic heterocycles. The lowest BCUT2D eigenvalue weighted by molar-refractivity contribution is -0.124. The highest BCUT2D eigenvalue weighted by molar-refractivity contribution is 9.10. The average Bonchev–Trinajstić information content (AvgIpc) is 2.74. The van der Waals surface area contributed by atoms with Gasteiger partial charge in [0.25, 0.3) is 5.91 Å². The maximum Gasteiger partial charge on any atom is 0.412 e. The molecule has 2 rings (SSSR count). The third-order valence-corrected chi connectivity index (χ3v) is 5.38. The van der Waals surface area contributed by atoms with E-state index in [1.165, 1.54) is 17.6 Å². The Morgan fingerprint density at radius 3 is 2.63 bits per heavy atom. The standard InChI is InChI=1S/C21H23BrN2O5S/c1-30-16-10-8-15(9-11-16)23-21(27)29-19(5-3-2-4-6-20(26)24-28)17-13-14(22)7-12-18(17)25/h4,6-13,19,25,28H,2-3,5H2,1H3,(H,23,27)(H,24,26)/b6-4+/t19-/m1/s1. The molecule has 1 atom stereocenters. The van der Waals surface area contributed by atoms with E-state index in [-0.39, 0.29) is 5.75 Å². The van der Waals surface area contributed by atoms with Crippen LogP contribution in [0.25, 0.3) is 0 Å². The number of hydrogen-bond donors (Lipinski definition) is 4. The second kappa shape index (κ2) is 12.3. The molecule has 0 aliphatic rings. The highest BCUT2D eigenvalue weighted by Crippen LogP contribution is 2.33. The lowest BCUT2D eigenvalue weighted by Gasteiger charge is -2.20. The van der Waals surface area contributed by atoms with Gasteiger partial charge in [-0.3, -0.25) is 15.3 Å². The molecule has 2 aromatic rings. The van der Waals surface area contributed by atoms with Gasteiger partial charge in [-0.1, -0.05) is 22.0 Å². The molecule has 4 N–H and O–H groups in total. The van der Waals surface area contributed by atoms with E-state index in [0.29, 0.717) is 30.5 Å². The molecule has 9 heteroatoms. The predicted octanol–water partition coefficient (Wildman–Crippen LogP) is 5.40. The number of allylic oxidation sites excluding steroid dienone is 1. The van der Waals surface area contributed by atoms with Gasteiger partial charge in [0.05, 0.1) is 0 Å². The van der Waals surface area contributed by atoms with Crippen LogP contribution in [0.5, 0.6) is 5.75 Å². The average molecular weight is 495 g/mol. The summed E-state index contributed by atoms with van der Waals surface area (Å²) in [6.07, 6.45) is 5.01. The Morgan fingerprint density at radius 1 is 1.23 bits per heavy atom. The number of rotatable bonds is 9. The number of nitrogens with one attached hydrogen (secondary N) is 2. The number of carbonyl (C=O) groups is 2. The Morgan fingerprint density at radius 2 is 1.97 bits per heavy atom. The minimum atomic E-state index is -0.687. The summed E-state index contributed by atoms with van der Waals surface area (Å²) in [5, 5.41) is 21.4. The first-order valence-corrected chi connectivity index (χ1v) is 11.2. The van der Waals surface area contributed by atoms with Gasteiger partial charge in [0, 0.05) is 26.7 Å². The number of hydroxylamine groups is 1. The second-order valence-corrected chi connectivity index (χ2v) is 8.06. The molecule has 0 saturated heterocycles. The van der Waals surface area contributed by atoms with Gasteiger partial charge in [-0.15, -0.1) is 11.8 Å². The minimum Gasteiger partial charge on any atom is -0.508 e. The molecule has 30 heavy (non-hydrogen) atoms. The number of benzene rings is 2. The number of hydrogen-bond acceptors (Lipinski definition) is 6. The number of thioether (sulfide) groups is 1. The van der Waals surface area contributed by atoms with Crippen LogP contribution in [0, 0.1) is 0 Å². The first-order chi connectivity index (χ1) is 14.4. The topological polar surface area (TPSA) is 108 Å². The summed E-state index contributed by atoms with van der Waals surface area (Å²) in [6, 6.07) is 12.3. The first kappa shape index (κ1) is 23.8. The monoisotopic (exact) mass is 494 g/mol. The Hall–Kier alpha value is -2.49. The first-order valence-electron chi connectivity index (χ1n) is 9.13. The minimum absolute atomic E-state index is 0.0236. The van der Waals surface area contributed by atoms with Crippen molar-refractivity contribution in [3.8, 4) is 5.75 Å². The molecule has 0 bridgehead atoms. The lowest BCUT2D eigenvalue weighted by atomic mass is 10.0. The van der Waals surface area contributed by atoms with Crippen LogP contribution >= 0.6 is 27.7 Å². The molecular weight excluding hydrogens is 472 g/mol. The smallest absolute Gasteiger partial charge is 0.412 e. The fourth-order valence-corrected chi connectivity index (χ4v) is 3.45. The lowest BCUT2D eigenvalue weighted by Crippen LogP contribution is -2.18. The Kier molecular flexibility index (Phi) is 9.72. The van der Waals surface area contributed by atoms with Crippen LogP contribution < -0.4 is 10.8 Å². The number of phenolic OH excluding ortho intramolecular Hbond substituents is 1. The van der Waals surface area contributed by atoms with E-state index in [9.17, 15) is 14.7 Å². The van der Waals surface area contributed by atoms with E-state index in [1.54, 1.807) is 42.1 Å². The molecule has 160 valence electrons. The third kappa shape index (κ3) is 7.74. The Balaban J connectivity index is 2.06. The van der Waals surface area contributed by atoms with E-state index >= 15 is 0 Å². The van der Waals surface area contributed by atoms with Crippen LogP contribution in [0.3, 0.4) is 0 Å². The fraction of sp³-hybridized carbons (Fsp3) is 0.238. The van der Waals surface area contributed by atoms with Crippen LogP contribution in [-0.2, 0) is 9.53 Å². The number of carbonyl (C=O) groups excluding carboxylic acids is 2. The van der Waals surface area contributed by atoms with Crippen LogP contribution in [0.2, 0.25) is 0 Å². The van der Waals surface area contributed by atoms with Crippen molar-refractivity contribution in [2.45, 2.75) is 30.3 Å². The highest BCUT2D eigenvalue weighted by Gasteiger charge is 2.20. The zero-order chi connectivity index (χ0) is 21.9. The van der Waals surface area contributed by atoms with Gasteiger partial charge in [0.15, 0.2) is 0 Å². The number of ether oxygens (including phenoxy) is 1. The van der Waals surface area contributed by atoms with Crippen LogP contribution in [-0.4, -0.2) is 28.6 Å². The van der Waals surface area contributed by atoms with Crippen molar-refractivity contribution < 1.29 is 24.6 Å². The molecule has 0 fully saturated rings. The summed E-state index contributed by atoms with van der Waals surface area (Å²) in [7, 11) is 0. The van der Waals surface area contributed by atoms with E-state index in [2.05, 4.69) is 21.2 Å². The zero-order valence-electron chi connectivity index (χ0n) is 16.3. The maximum atomic E-state index is 12.4. The van der Waals surface area contributed by atoms with Crippen molar-refractivity contribution in [3.63, 3.8) is 0 Å². The van der Waals surface area contributed by atoms with Gasteiger partial charge in [0.1, 0.15) is 11.9 Å². The van der Waals surface area contributed by atoms with Crippen molar-refractivity contribution >= 4 is 45.4 Å². The molecule has 0 saturated carbocycles. The SMILES string of the molecule is CSc1ccc(NC(=O)O[C@H](CCC/C=C/C(=O)NO)c2cc(Br)ccc2O)cc1. The molecule has 2 amide bonds. The van der Waals surface area contributed by atoms with Gasteiger partial charge in [-0.25, -0.2) is 10.3 Å². The molecule has 2 aromatic carbocycles. The molecule has 0 radical (unpaired) electrons. The summed E-state index contributed by atoms with van der Waals surface area (Å²) in [5.74, 6) is -0.588. The van der Waals surface area contributed by atoms with Crippen molar-refractivity contribution in [2.24, 2.45) is 0 Å². The van der Waals surface area contributed by atoms with E-state index in [4.69, 9.17) is 9.94 Å². The van der Waals surface area contributed by atoms with Crippen molar-refractivity contribution in [1.82, 2.24) is 5.48 Å². The number of unbranched alkanes of at least 4 members (excludes halogenated alkanes) is 1. The summed E-state index contributed by atoms with van der Waals surface area (Å²) in [6.45, 7) is 0. The molecule has 0 aliphatic carbocycles. The van der Waals surface area contributed by atoms with E-state index in [0.717, 1.165) is 9.37 Å². The van der Waals surface area contributed by atoms with Gasteiger partial charge >= 0.3 is 6.09 Å². The van der Waals surface area contributed by atoms with Crippen LogP contribution in [0.1, 0.15) is 30.9 Å². The third-order valence-electron chi connectivity index (χ3n) is 4.14. The van der Waals surface area contributed by atoms with Crippen LogP contribution in [0.4, 0.5) is 10.5 Å². The summed E-state index contributed by atoms with van der Waals surface area (Å²) in [4.78, 5) is 24.5. The molecule has 0 unspecified atom stereocenters. The zero-order valence-corrected chi connectivity index (χ0v) is 18.7. The Bertz CT molecular complexity index is 889. The summed E-state index contributed by atoms with van der Waals surface area (Å²) < 4.78 is 6.35. The quantitative estimate of drug-likeness (QED) is 0.122. The van der Waals surface area contributed by atoms with Crippen molar-refractivity contribution in [3.05, 3.63) is 64.7 Å². The normalized spacial score (nSPS) is 11.8. The van der Waals surface area contributed by atoms with Gasteiger partial charge < -0.3 is 9.84 Å². The van der Waals surface area contributed by atoms with Crippen LogP contribution in [0.15, 0.2) is 64.0 Å². The van der Waals surface area contributed by atoms with Gasteiger partial charge in [-0.05, 0) is 68.0 Å². The number of amides is 2. The molecule has 0 aliphatic heterocycles. The molecule has 0 heterocycles. The highest BCUT2D eigenvalue weighted by atomic mass is 79.9. The molecular formula is C21H23BrN2O5S. The number of phenols is 1. The van der Waals surface area contributed by atoms with Crippen molar-refractivity contribution in [2.75, 3.05) is 11.6 Å². The number of halogens is 1. The summed E-state index contributed by atoms with van der Waals surface area (Å²) >= 11 is 4.97. The fourth-order valence-electron chi connectivity index (χ4n) is 2.66. The predicted molar refractivity (Wildman–Crippen MR) is 120 cm³/mol.